The quantitative estimate of drug-likeness (QED) is 0.634. The Kier molecular flexibility index (Phi) is 3.40. The van der Waals surface area contributed by atoms with Crippen molar-refractivity contribution >= 4 is 17.3 Å². The largest absolute Gasteiger partial charge is 0.366 e. The fraction of sp³-hybridized carbons (Fsp3) is 0.286. The first-order valence-corrected chi connectivity index (χ1v) is 3.96. The summed E-state index contributed by atoms with van der Waals surface area (Å²) in [6.07, 6.45) is 1.64. The van der Waals surface area contributed by atoms with Gasteiger partial charge in [0.25, 0.3) is 0 Å². The summed E-state index contributed by atoms with van der Waals surface area (Å²) in [5, 5.41) is 14.0. The molecule has 0 aliphatic carbocycles. The average Bonchev–Trinajstić information content (AvgIpc) is 2.16. The van der Waals surface area contributed by atoms with Crippen molar-refractivity contribution in [1.29, 1.82) is 0 Å². The van der Waals surface area contributed by atoms with Gasteiger partial charge in [-0.1, -0.05) is 0 Å². The molecule has 2 N–H and O–H groups in total. The second kappa shape index (κ2) is 4.61. The van der Waals surface area contributed by atoms with Crippen LogP contribution >= 0.6 is 12.2 Å². The van der Waals surface area contributed by atoms with Crippen LogP contribution in [0.15, 0.2) is 18.3 Å². The van der Waals surface area contributed by atoms with Gasteiger partial charge in [-0.05, 0) is 24.4 Å². The van der Waals surface area contributed by atoms with Crippen molar-refractivity contribution in [2.75, 3.05) is 7.05 Å². The van der Waals surface area contributed by atoms with Gasteiger partial charge >= 0.3 is 0 Å². The van der Waals surface area contributed by atoms with Crippen molar-refractivity contribution in [3.05, 3.63) is 24.0 Å². The van der Waals surface area contributed by atoms with Gasteiger partial charge < -0.3 is 10.6 Å². The maximum absolute atomic E-state index is 4.88. The third-order valence-electron chi connectivity index (χ3n) is 1.28. The van der Waals surface area contributed by atoms with E-state index in [4.69, 9.17) is 12.2 Å². The summed E-state index contributed by atoms with van der Waals surface area (Å²) in [5.41, 5.74) is 0.870. The maximum Gasteiger partial charge on any atom is 0.166 e. The van der Waals surface area contributed by atoms with Gasteiger partial charge in [-0.3, -0.25) is 0 Å². The molecule has 0 spiro atoms. The number of hydrogen-bond donors (Lipinski definition) is 2. The van der Waals surface area contributed by atoms with E-state index in [2.05, 4.69) is 20.8 Å². The van der Waals surface area contributed by atoms with Gasteiger partial charge in [0.15, 0.2) is 5.11 Å². The van der Waals surface area contributed by atoms with E-state index in [0.29, 0.717) is 11.7 Å². The molecule has 0 aromatic carbocycles. The molecule has 64 valence electrons. The van der Waals surface area contributed by atoms with Gasteiger partial charge in [-0.2, -0.15) is 10.2 Å². The molecule has 0 amide bonds. The zero-order valence-corrected chi connectivity index (χ0v) is 7.56. The predicted octanol–water partition coefficient (Wildman–Crippen LogP) is 0.0705. The Morgan fingerprint density at radius 2 is 2.50 bits per heavy atom. The van der Waals surface area contributed by atoms with Crippen LogP contribution in [-0.2, 0) is 6.54 Å². The molecule has 0 atom stereocenters. The highest BCUT2D eigenvalue weighted by molar-refractivity contribution is 7.80. The Hall–Kier alpha value is -1.23. The maximum atomic E-state index is 4.88. The molecular weight excluding hydrogens is 172 g/mol. The summed E-state index contributed by atoms with van der Waals surface area (Å²) >= 11 is 4.88. The van der Waals surface area contributed by atoms with Gasteiger partial charge in [0, 0.05) is 13.2 Å². The second-order valence-electron chi connectivity index (χ2n) is 2.15. The van der Waals surface area contributed by atoms with Gasteiger partial charge in [-0.15, -0.1) is 0 Å². The summed E-state index contributed by atoms with van der Waals surface area (Å²) < 4.78 is 0. The molecule has 1 aromatic heterocycles. The molecule has 0 saturated heterocycles. The van der Waals surface area contributed by atoms with E-state index >= 15 is 0 Å². The fourth-order valence-electron chi connectivity index (χ4n) is 0.687. The predicted molar refractivity (Wildman–Crippen MR) is 50.5 cm³/mol. The van der Waals surface area contributed by atoms with Crippen molar-refractivity contribution in [2.45, 2.75) is 6.54 Å². The lowest BCUT2D eigenvalue weighted by Crippen LogP contribution is -2.32. The van der Waals surface area contributed by atoms with Crippen LogP contribution in [-0.4, -0.2) is 22.4 Å². The first kappa shape index (κ1) is 8.86. The van der Waals surface area contributed by atoms with Crippen LogP contribution in [0.5, 0.6) is 0 Å². The molecule has 1 heterocycles. The van der Waals surface area contributed by atoms with E-state index in [1.54, 1.807) is 13.2 Å². The highest BCUT2D eigenvalue weighted by Crippen LogP contribution is 1.88. The summed E-state index contributed by atoms with van der Waals surface area (Å²) in [4.78, 5) is 0. The van der Waals surface area contributed by atoms with Crippen LogP contribution in [0.2, 0.25) is 0 Å². The third kappa shape index (κ3) is 2.79. The number of thiocarbonyl (C=S) groups is 1. The van der Waals surface area contributed by atoms with Gasteiger partial charge in [0.05, 0.1) is 12.2 Å². The average molecular weight is 182 g/mol. The van der Waals surface area contributed by atoms with E-state index in [1.807, 2.05) is 12.1 Å². The Morgan fingerprint density at radius 3 is 3.08 bits per heavy atom. The molecular formula is C7H10N4S. The minimum absolute atomic E-state index is 0.605. The van der Waals surface area contributed by atoms with Gasteiger partial charge in [0.2, 0.25) is 0 Å². The van der Waals surface area contributed by atoms with Crippen molar-refractivity contribution in [1.82, 2.24) is 20.8 Å². The van der Waals surface area contributed by atoms with Crippen molar-refractivity contribution in [3.63, 3.8) is 0 Å². The van der Waals surface area contributed by atoms with Crippen LogP contribution in [0, 0.1) is 0 Å². The lowest BCUT2D eigenvalue weighted by molar-refractivity contribution is 0.820. The first-order valence-electron chi connectivity index (χ1n) is 3.55. The van der Waals surface area contributed by atoms with E-state index in [1.165, 1.54) is 0 Å². The van der Waals surface area contributed by atoms with E-state index in [0.717, 1.165) is 5.69 Å². The summed E-state index contributed by atoms with van der Waals surface area (Å²) in [6.45, 7) is 0.605. The standard InChI is InChI=1S/C7H10N4S/c1-8-7(12)9-5-6-3-2-4-10-11-6/h2-4H,5H2,1H3,(H2,8,9,12). The summed E-state index contributed by atoms with van der Waals surface area (Å²) in [5.74, 6) is 0. The molecule has 4 nitrogen and oxygen atoms in total. The summed E-state index contributed by atoms with van der Waals surface area (Å²) in [7, 11) is 1.77. The van der Waals surface area contributed by atoms with E-state index < -0.39 is 0 Å². The topological polar surface area (TPSA) is 49.8 Å². The van der Waals surface area contributed by atoms with Crippen molar-refractivity contribution in [3.8, 4) is 0 Å². The zero-order valence-electron chi connectivity index (χ0n) is 6.74. The molecule has 0 aliphatic rings. The second-order valence-corrected chi connectivity index (χ2v) is 2.56. The number of nitrogens with one attached hydrogen (secondary N) is 2. The number of aromatic nitrogens is 2. The fourth-order valence-corrected chi connectivity index (χ4v) is 0.759. The Bertz CT molecular complexity index is 249. The summed E-state index contributed by atoms with van der Waals surface area (Å²) in [6, 6.07) is 3.73. The van der Waals surface area contributed by atoms with Gasteiger partial charge in [-0.25, -0.2) is 0 Å². The molecule has 0 saturated carbocycles. The lowest BCUT2D eigenvalue weighted by Gasteiger charge is -2.04. The molecule has 1 rings (SSSR count). The Morgan fingerprint density at radius 1 is 1.67 bits per heavy atom. The Labute approximate surface area is 76.4 Å². The van der Waals surface area contributed by atoms with E-state index in [-0.39, 0.29) is 0 Å². The molecule has 0 unspecified atom stereocenters. The minimum Gasteiger partial charge on any atom is -0.366 e. The third-order valence-corrected chi connectivity index (χ3v) is 1.63. The lowest BCUT2D eigenvalue weighted by atomic mass is 10.4. The van der Waals surface area contributed by atoms with Crippen LogP contribution < -0.4 is 10.6 Å². The highest BCUT2D eigenvalue weighted by Gasteiger charge is 1.93. The minimum atomic E-state index is 0.605. The van der Waals surface area contributed by atoms with E-state index in [9.17, 15) is 0 Å². The van der Waals surface area contributed by atoms with Crippen LogP contribution in [0.1, 0.15) is 5.69 Å². The van der Waals surface area contributed by atoms with Crippen LogP contribution in [0.4, 0.5) is 0 Å². The molecule has 12 heavy (non-hydrogen) atoms. The molecule has 0 bridgehead atoms. The first-order chi connectivity index (χ1) is 5.83. The SMILES string of the molecule is CNC(=S)NCc1cccnn1. The van der Waals surface area contributed by atoms with Gasteiger partial charge in [0.1, 0.15) is 0 Å². The molecule has 0 radical (unpaired) electrons. The number of nitrogens with zero attached hydrogens (tertiary/aromatic N) is 2. The molecule has 0 aliphatic heterocycles. The zero-order chi connectivity index (χ0) is 8.81. The van der Waals surface area contributed by atoms with Crippen molar-refractivity contribution in [2.24, 2.45) is 0 Å². The molecule has 1 aromatic rings. The molecule has 0 fully saturated rings. The van der Waals surface area contributed by atoms with Crippen LogP contribution in [0.3, 0.4) is 0 Å². The molecule has 5 heteroatoms. The normalized spacial score (nSPS) is 9.08. The van der Waals surface area contributed by atoms with Crippen LogP contribution in [0.25, 0.3) is 0 Å². The van der Waals surface area contributed by atoms with Crippen molar-refractivity contribution < 1.29 is 0 Å². The number of rotatable bonds is 2. The Balaban J connectivity index is 2.38. The number of hydrogen-bond acceptors (Lipinski definition) is 3. The smallest absolute Gasteiger partial charge is 0.166 e. The highest BCUT2D eigenvalue weighted by atomic mass is 32.1. The monoisotopic (exact) mass is 182 g/mol.